The summed E-state index contributed by atoms with van der Waals surface area (Å²) in [5.74, 6) is 1.39. The lowest BCUT2D eigenvalue weighted by Gasteiger charge is -2.15. The highest BCUT2D eigenvalue weighted by Crippen LogP contribution is 2.20. The fourth-order valence-corrected chi connectivity index (χ4v) is 2.16. The molecule has 1 saturated heterocycles. The van der Waals surface area contributed by atoms with Crippen molar-refractivity contribution >= 4 is 5.84 Å². The second-order valence-electron chi connectivity index (χ2n) is 4.40. The molecule has 1 fully saturated rings. The minimum Gasteiger partial charge on any atom is -0.385 e. The second-order valence-corrected chi connectivity index (χ2v) is 4.40. The molecule has 0 aromatic carbocycles. The zero-order valence-corrected chi connectivity index (χ0v) is 9.40. The molecule has 5 nitrogen and oxygen atoms in total. The number of aromatic amines is 1. The van der Waals surface area contributed by atoms with Gasteiger partial charge in [-0.15, -0.1) is 0 Å². The summed E-state index contributed by atoms with van der Waals surface area (Å²) in [6, 6.07) is 0.220. The van der Waals surface area contributed by atoms with E-state index in [1.54, 1.807) is 6.20 Å². The molecule has 0 amide bonds. The van der Waals surface area contributed by atoms with E-state index in [2.05, 4.69) is 15.3 Å². The van der Waals surface area contributed by atoms with Gasteiger partial charge in [-0.25, -0.2) is 4.98 Å². The van der Waals surface area contributed by atoms with Gasteiger partial charge in [0.05, 0.1) is 0 Å². The van der Waals surface area contributed by atoms with Crippen molar-refractivity contribution in [3.8, 4) is 0 Å². The van der Waals surface area contributed by atoms with Gasteiger partial charge in [-0.3, -0.25) is 5.41 Å². The van der Waals surface area contributed by atoms with Gasteiger partial charge < -0.3 is 15.4 Å². The van der Waals surface area contributed by atoms with Crippen molar-refractivity contribution in [3.05, 3.63) is 18.2 Å². The van der Waals surface area contributed by atoms with Crippen LogP contribution in [0.5, 0.6) is 0 Å². The highest BCUT2D eigenvalue weighted by Gasteiger charge is 2.34. The van der Waals surface area contributed by atoms with Gasteiger partial charge in [0.15, 0.2) is 0 Å². The Morgan fingerprint density at radius 3 is 2.94 bits per heavy atom. The van der Waals surface area contributed by atoms with Crippen molar-refractivity contribution in [2.45, 2.75) is 38.3 Å². The van der Waals surface area contributed by atoms with Gasteiger partial charge in [0.2, 0.25) is 0 Å². The van der Waals surface area contributed by atoms with E-state index in [0.717, 1.165) is 25.1 Å². The average Bonchev–Trinajstić information content (AvgIpc) is 2.85. The third-order valence-electron chi connectivity index (χ3n) is 3.25. The minimum absolute atomic E-state index is 0.129. The molecule has 88 valence electrons. The van der Waals surface area contributed by atoms with E-state index in [1.807, 2.05) is 13.1 Å². The molecular formula is C11H18N4O. The summed E-state index contributed by atoms with van der Waals surface area (Å²) in [5.41, 5.74) is 0. The second kappa shape index (κ2) is 4.65. The van der Waals surface area contributed by atoms with Gasteiger partial charge in [-0.1, -0.05) is 6.92 Å². The van der Waals surface area contributed by atoms with Crippen LogP contribution in [0.15, 0.2) is 12.4 Å². The molecule has 2 rings (SSSR count). The Hall–Kier alpha value is -1.36. The molecule has 0 saturated carbocycles. The van der Waals surface area contributed by atoms with Crippen LogP contribution >= 0.6 is 0 Å². The maximum absolute atomic E-state index is 9.61. The van der Waals surface area contributed by atoms with Gasteiger partial charge in [-0.2, -0.15) is 0 Å². The number of aliphatic hydroxyl groups is 1. The summed E-state index contributed by atoms with van der Waals surface area (Å²) in [6.07, 6.45) is 5.85. The van der Waals surface area contributed by atoms with Crippen LogP contribution in [-0.2, 0) is 6.42 Å². The van der Waals surface area contributed by atoms with Crippen molar-refractivity contribution in [3.63, 3.8) is 0 Å². The van der Waals surface area contributed by atoms with Gasteiger partial charge in [0.25, 0.3) is 0 Å². The molecule has 5 heteroatoms. The number of H-pyrrole nitrogens is 1. The molecule has 1 aliphatic rings. The smallest absolute Gasteiger partial charge is 0.123 e. The first kappa shape index (κ1) is 11.1. The highest BCUT2D eigenvalue weighted by atomic mass is 16.3. The van der Waals surface area contributed by atoms with Crippen molar-refractivity contribution in [2.75, 3.05) is 0 Å². The Bertz CT molecular complexity index is 349. The van der Waals surface area contributed by atoms with Crippen LogP contribution in [-0.4, -0.2) is 33.1 Å². The number of hydrogen-bond donors (Lipinski definition) is 4. The quantitative estimate of drug-likeness (QED) is 0.604. The van der Waals surface area contributed by atoms with E-state index in [9.17, 15) is 5.11 Å². The zero-order valence-electron chi connectivity index (χ0n) is 9.40. The lowest BCUT2D eigenvalue weighted by molar-refractivity contribution is 0.179. The number of imidazole rings is 1. The summed E-state index contributed by atoms with van der Waals surface area (Å²) in [6.45, 7) is 1.98. The molecule has 0 radical (unpaired) electrons. The first-order chi connectivity index (χ1) is 7.68. The monoisotopic (exact) mass is 222 g/mol. The number of rotatable bonds is 4. The van der Waals surface area contributed by atoms with Crippen LogP contribution in [0, 0.1) is 11.3 Å². The average molecular weight is 222 g/mol. The Balaban J connectivity index is 1.76. The standard InChI is InChI=1S/C11H18N4O/c1-7-8(15-11(12)10(7)16)3-2-4-9-13-5-6-14-9/h5-8,10,16H,2-4H2,1H3,(H2,12,15)(H,13,14)/t7-,8+,10-/m1/s1. The van der Waals surface area contributed by atoms with Crippen LogP contribution in [0.1, 0.15) is 25.6 Å². The third kappa shape index (κ3) is 2.24. The SMILES string of the molecule is C[C@@H]1[C@H](CCCc2ncc[nH]2)NC(=N)[C@@H]1O. The molecule has 2 heterocycles. The van der Waals surface area contributed by atoms with Gasteiger partial charge in [0.1, 0.15) is 17.8 Å². The number of nitrogens with one attached hydrogen (secondary N) is 3. The van der Waals surface area contributed by atoms with E-state index in [0.29, 0.717) is 0 Å². The van der Waals surface area contributed by atoms with Crippen molar-refractivity contribution in [1.29, 1.82) is 5.41 Å². The first-order valence-electron chi connectivity index (χ1n) is 5.70. The van der Waals surface area contributed by atoms with Crippen LogP contribution in [0.4, 0.5) is 0 Å². The maximum Gasteiger partial charge on any atom is 0.123 e. The predicted octanol–water partition coefficient (Wildman–Crippen LogP) is 0.678. The van der Waals surface area contributed by atoms with E-state index >= 15 is 0 Å². The Labute approximate surface area is 94.8 Å². The molecule has 3 atom stereocenters. The summed E-state index contributed by atoms with van der Waals surface area (Å²) in [4.78, 5) is 7.23. The van der Waals surface area contributed by atoms with Crippen molar-refractivity contribution < 1.29 is 5.11 Å². The number of hydrogen-bond acceptors (Lipinski definition) is 3. The molecular weight excluding hydrogens is 204 g/mol. The van der Waals surface area contributed by atoms with Crippen molar-refractivity contribution in [2.24, 2.45) is 5.92 Å². The summed E-state index contributed by atoms with van der Waals surface area (Å²) in [7, 11) is 0. The molecule has 1 aromatic rings. The molecule has 0 bridgehead atoms. The van der Waals surface area contributed by atoms with Crippen LogP contribution in [0.3, 0.4) is 0 Å². The van der Waals surface area contributed by atoms with Gasteiger partial charge in [-0.05, 0) is 12.8 Å². The van der Waals surface area contributed by atoms with Crippen LogP contribution in [0.25, 0.3) is 0 Å². The molecule has 0 spiro atoms. The van der Waals surface area contributed by atoms with Crippen LogP contribution < -0.4 is 5.32 Å². The number of aryl methyl sites for hydroxylation is 1. The highest BCUT2D eigenvalue weighted by molar-refractivity contribution is 5.86. The topological polar surface area (TPSA) is 84.8 Å². The molecule has 0 unspecified atom stereocenters. The molecule has 1 aromatic heterocycles. The molecule has 16 heavy (non-hydrogen) atoms. The number of aromatic nitrogens is 2. The number of aliphatic hydroxyl groups excluding tert-OH is 1. The Kier molecular flexibility index (Phi) is 3.24. The van der Waals surface area contributed by atoms with Crippen molar-refractivity contribution in [1.82, 2.24) is 15.3 Å². The number of amidine groups is 1. The van der Waals surface area contributed by atoms with Crippen LogP contribution in [0.2, 0.25) is 0 Å². The van der Waals surface area contributed by atoms with E-state index in [4.69, 9.17) is 5.41 Å². The zero-order chi connectivity index (χ0) is 11.5. The summed E-state index contributed by atoms with van der Waals surface area (Å²) >= 11 is 0. The normalized spacial score (nSPS) is 29.4. The Morgan fingerprint density at radius 1 is 1.56 bits per heavy atom. The summed E-state index contributed by atoms with van der Waals surface area (Å²) < 4.78 is 0. The van der Waals surface area contributed by atoms with Gasteiger partial charge in [0, 0.05) is 30.8 Å². The van der Waals surface area contributed by atoms with E-state index < -0.39 is 6.10 Å². The number of nitrogens with zero attached hydrogens (tertiary/aromatic N) is 1. The predicted molar refractivity (Wildman–Crippen MR) is 61.3 cm³/mol. The maximum atomic E-state index is 9.61. The van der Waals surface area contributed by atoms with E-state index in [1.165, 1.54) is 0 Å². The fourth-order valence-electron chi connectivity index (χ4n) is 2.16. The molecule has 0 aliphatic carbocycles. The third-order valence-corrected chi connectivity index (χ3v) is 3.25. The largest absolute Gasteiger partial charge is 0.385 e. The molecule has 4 N–H and O–H groups in total. The fraction of sp³-hybridized carbons (Fsp3) is 0.636. The van der Waals surface area contributed by atoms with Gasteiger partial charge >= 0.3 is 0 Å². The first-order valence-corrected chi connectivity index (χ1v) is 5.70. The lowest BCUT2D eigenvalue weighted by Crippen LogP contribution is -2.27. The Morgan fingerprint density at radius 2 is 2.38 bits per heavy atom. The summed E-state index contributed by atoms with van der Waals surface area (Å²) in [5, 5.41) is 20.2. The van der Waals surface area contributed by atoms with E-state index in [-0.39, 0.29) is 17.8 Å². The lowest BCUT2D eigenvalue weighted by atomic mass is 9.96. The molecule has 1 aliphatic heterocycles. The minimum atomic E-state index is -0.617.